The summed E-state index contributed by atoms with van der Waals surface area (Å²) in [6.45, 7) is 2.92. The van der Waals surface area contributed by atoms with Crippen molar-refractivity contribution >= 4 is 22.4 Å². The van der Waals surface area contributed by atoms with Crippen LogP contribution in [0.3, 0.4) is 0 Å². The molecule has 0 unspecified atom stereocenters. The summed E-state index contributed by atoms with van der Waals surface area (Å²) in [5, 5.41) is 4.86. The number of nitrogens with one attached hydrogen (secondary N) is 1. The Morgan fingerprint density at radius 2 is 1.96 bits per heavy atom. The fourth-order valence-electron chi connectivity index (χ4n) is 2.66. The lowest BCUT2D eigenvalue weighted by Crippen LogP contribution is -2.30. The van der Waals surface area contributed by atoms with Crippen molar-refractivity contribution in [3.8, 4) is 11.3 Å². The Bertz CT molecular complexity index is 958. The Labute approximate surface area is 160 Å². The number of carbonyl (C=O) groups excluding carboxylic acids is 1. The average Bonchev–Trinajstić information content (AvgIpc) is 3.07. The topological polar surface area (TPSA) is 45.2 Å². The highest BCUT2D eigenvalue weighted by molar-refractivity contribution is 7.14. The van der Waals surface area contributed by atoms with Gasteiger partial charge in [0.25, 0.3) is 0 Å². The molecule has 1 heterocycles. The van der Waals surface area contributed by atoms with Gasteiger partial charge in [0.05, 0.1) is 12.2 Å². The molecule has 0 bridgehead atoms. The molecule has 0 aliphatic carbocycles. The Kier molecular flexibility index (Phi) is 5.93. The second-order valence-electron chi connectivity index (χ2n) is 6.31. The number of aromatic nitrogens is 1. The Morgan fingerprint density at radius 3 is 2.70 bits per heavy atom. The molecule has 1 N–H and O–H groups in total. The quantitative estimate of drug-likeness (QED) is 0.679. The number of nitrogens with zero attached hydrogens (tertiary/aromatic N) is 2. The van der Waals surface area contributed by atoms with E-state index in [0.29, 0.717) is 22.9 Å². The van der Waals surface area contributed by atoms with Gasteiger partial charge >= 0.3 is 0 Å². The van der Waals surface area contributed by atoms with Crippen molar-refractivity contribution in [1.29, 1.82) is 0 Å². The first-order valence-electron chi connectivity index (χ1n) is 8.36. The molecule has 3 rings (SSSR count). The van der Waals surface area contributed by atoms with Gasteiger partial charge in [-0.2, -0.15) is 0 Å². The number of amides is 1. The lowest BCUT2D eigenvalue weighted by atomic mass is 10.1. The fourth-order valence-corrected chi connectivity index (χ4v) is 3.39. The number of anilines is 1. The van der Waals surface area contributed by atoms with Crippen LogP contribution in [0, 0.1) is 18.6 Å². The molecule has 27 heavy (non-hydrogen) atoms. The van der Waals surface area contributed by atoms with Crippen LogP contribution in [-0.2, 0) is 11.3 Å². The summed E-state index contributed by atoms with van der Waals surface area (Å²) in [5.74, 6) is -2.01. The van der Waals surface area contributed by atoms with Gasteiger partial charge in [-0.1, -0.05) is 24.3 Å². The second kappa shape index (κ2) is 8.37. The number of halogens is 2. The first kappa shape index (κ1) is 19.1. The highest BCUT2D eigenvalue weighted by atomic mass is 32.1. The summed E-state index contributed by atoms with van der Waals surface area (Å²) < 4.78 is 26.4. The molecule has 1 aromatic heterocycles. The Hall–Kier alpha value is -2.64. The first-order valence-corrected chi connectivity index (χ1v) is 9.24. The normalized spacial score (nSPS) is 11.0. The average molecular weight is 387 g/mol. The minimum absolute atomic E-state index is 0.183. The van der Waals surface area contributed by atoms with Crippen LogP contribution in [0.1, 0.15) is 11.1 Å². The summed E-state index contributed by atoms with van der Waals surface area (Å²) in [6, 6.07) is 11.6. The predicted molar refractivity (Wildman–Crippen MR) is 104 cm³/mol. The van der Waals surface area contributed by atoms with Crippen molar-refractivity contribution in [2.75, 3.05) is 18.9 Å². The molecular formula is C20H19F2N3OS. The minimum atomic E-state index is -0.927. The van der Waals surface area contributed by atoms with E-state index in [1.807, 2.05) is 43.1 Å². The first-order chi connectivity index (χ1) is 12.9. The SMILES string of the molecule is Cc1ccccc1CN(C)CC(=O)Nc1nc(-c2ccc(F)c(F)c2)cs1. The van der Waals surface area contributed by atoms with Crippen LogP contribution in [0.25, 0.3) is 11.3 Å². The smallest absolute Gasteiger partial charge is 0.240 e. The zero-order valence-electron chi connectivity index (χ0n) is 15.0. The molecular weight excluding hydrogens is 368 g/mol. The van der Waals surface area contributed by atoms with Gasteiger partial charge in [-0.05, 0) is 43.3 Å². The molecule has 7 heteroatoms. The van der Waals surface area contributed by atoms with E-state index < -0.39 is 11.6 Å². The van der Waals surface area contributed by atoms with Gasteiger partial charge in [0, 0.05) is 17.5 Å². The molecule has 2 aromatic carbocycles. The van der Waals surface area contributed by atoms with Crippen LogP contribution in [0.2, 0.25) is 0 Å². The van der Waals surface area contributed by atoms with Gasteiger partial charge in [-0.3, -0.25) is 9.69 Å². The zero-order valence-corrected chi connectivity index (χ0v) is 15.8. The van der Waals surface area contributed by atoms with Gasteiger partial charge in [-0.25, -0.2) is 13.8 Å². The molecule has 0 spiro atoms. The van der Waals surface area contributed by atoms with Crippen molar-refractivity contribution in [3.05, 3.63) is 70.6 Å². The van der Waals surface area contributed by atoms with E-state index in [-0.39, 0.29) is 12.5 Å². The van der Waals surface area contributed by atoms with Crippen LogP contribution >= 0.6 is 11.3 Å². The summed E-state index contributed by atoms with van der Waals surface area (Å²) in [4.78, 5) is 18.4. The standard InChI is InChI=1S/C20H19F2N3OS/c1-13-5-3-4-6-15(13)10-25(2)11-19(26)24-20-23-18(12-27-20)14-7-8-16(21)17(22)9-14/h3-9,12H,10-11H2,1-2H3,(H,23,24,26). The van der Waals surface area contributed by atoms with E-state index in [1.54, 1.807) is 5.38 Å². The lowest BCUT2D eigenvalue weighted by molar-refractivity contribution is -0.117. The van der Waals surface area contributed by atoms with E-state index in [9.17, 15) is 13.6 Å². The Balaban J connectivity index is 1.59. The van der Waals surface area contributed by atoms with Gasteiger partial charge in [0.2, 0.25) is 5.91 Å². The molecule has 0 atom stereocenters. The molecule has 0 aliphatic heterocycles. The predicted octanol–water partition coefficient (Wildman–Crippen LogP) is 4.47. The zero-order chi connectivity index (χ0) is 19.4. The summed E-state index contributed by atoms with van der Waals surface area (Å²) in [5.41, 5.74) is 3.30. The number of aryl methyl sites for hydroxylation is 1. The monoisotopic (exact) mass is 387 g/mol. The maximum absolute atomic E-state index is 13.4. The van der Waals surface area contributed by atoms with E-state index in [0.717, 1.165) is 12.1 Å². The van der Waals surface area contributed by atoms with Gasteiger partial charge in [0.1, 0.15) is 0 Å². The fraction of sp³-hybridized carbons (Fsp3) is 0.200. The molecule has 4 nitrogen and oxygen atoms in total. The van der Waals surface area contributed by atoms with E-state index in [4.69, 9.17) is 0 Å². The summed E-state index contributed by atoms with van der Waals surface area (Å²) >= 11 is 1.24. The second-order valence-corrected chi connectivity index (χ2v) is 7.17. The van der Waals surface area contributed by atoms with Crippen molar-refractivity contribution in [3.63, 3.8) is 0 Å². The minimum Gasteiger partial charge on any atom is -0.301 e. The number of benzene rings is 2. The third-order valence-corrected chi connectivity index (χ3v) is 4.84. The maximum atomic E-state index is 13.4. The Morgan fingerprint density at radius 1 is 1.19 bits per heavy atom. The highest BCUT2D eigenvalue weighted by Crippen LogP contribution is 2.26. The third kappa shape index (κ3) is 4.96. The third-order valence-electron chi connectivity index (χ3n) is 4.08. The van der Waals surface area contributed by atoms with E-state index in [1.165, 1.54) is 28.5 Å². The van der Waals surface area contributed by atoms with E-state index in [2.05, 4.69) is 10.3 Å². The van der Waals surface area contributed by atoms with Crippen LogP contribution in [0.4, 0.5) is 13.9 Å². The van der Waals surface area contributed by atoms with E-state index >= 15 is 0 Å². The summed E-state index contributed by atoms with van der Waals surface area (Å²) in [7, 11) is 1.88. The number of carbonyl (C=O) groups is 1. The van der Waals surface area contributed by atoms with Crippen LogP contribution < -0.4 is 5.32 Å². The number of hydrogen-bond donors (Lipinski definition) is 1. The largest absolute Gasteiger partial charge is 0.301 e. The molecule has 1 amide bonds. The van der Waals surface area contributed by atoms with Crippen LogP contribution in [-0.4, -0.2) is 29.4 Å². The van der Waals surface area contributed by atoms with Gasteiger partial charge in [0.15, 0.2) is 16.8 Å². The molecule has 0 radical (unpaired) electrons. The molecule has 0 saturated carbocycles. The van der Waals surface area contributed by atoms with Crippen molar-refractivity contribution in [1.82, 2.24) is 9.88 Å². The molecule has 140 valence electrons. The number of rotatable bonds is 6. The molecule has 0 fully saturated rings. The summed E-state index contributed by atoms with van der Waals surface area (Å²) in [6.07, 6.45) is 0. The number of likely N-dealkylation sites (N-methyl/N-ethyl adjacent to an activating group) is 1. The number of thiazole rings is 1. The van der Waals surface area contributed by atoms with Crippen molar-refractivity contribution in [2.24, 2.45) is 0 Å². The molecule has 0 saturated heterocycles. The molecule has 0 aliphatic rings. The lowest BCUT2D eigenvalue weighted by Gasteiger charge is -2.17. The van der Waals surface area contributed by atoms with Gasteiger partial charge < -0.3 is 5.32 Å². The van der Waals surface area contributed by atoms with Gasteiger partial charge in [-0.15, -0.1) is 11.3 Å². The van der Waals surface area contributed by atoms with Crippen LogP contribution in [0.15, 0.2) is 47.8 Å². The van der Waals surface area contributed by atoms with Crippen molar-refractivity contribution in [2.45, 2.75) is 13.5 Å². The van der Waals surface area contributed by atoms with Crippen LogP contribution in [0.5, 0.6) is 0 Å². The van der Waals surface area contributed by atoms with Crippen molar-refractivity contribution < 1.29 is 13.6 Å². The maximum Gasteiger partial charge on any atom is 0.240 e. The highest BCUT2D eigenvalue weighted by Gasteiger charge is 2.12. The molecule has 3 aromatic rings. The number of hydrogen-bond acceptors (Lipinski definition) is 4.